The average molecular weight is 527 g/mol. The number of aromatic amines is 1. The van der Waals surface area contributed by atoms with E-state index in [0.29, 0.717) is 22.1 Å². The van der Waals surface area contributed by atoms with Crippen LogP contribution in [0.5, 0.6) is 5.75 Å². The van der Waals surface area contributed by atoms with Crippen LogP contribution in [0.1, 0.15) is 44.5 Å². The second kappa shape index (κ2) is 10.9. The van der Waals surface area contributed by atoms with Gasteiger partial charge in [0.25, 0.3) is 5.56 Å². The van der Waals surface area contributed by atoms with Crippen LogP contribution in [0.25, 0.3) is 0 Å². The predicted octanol–water partition coefficient (Wildman–Crippen LogP) is 3.43. The third-order valence-corrected chi connectivity index (χ3v) is 5.38. The smallest absolute Gasteiger partial charge is 0.423 e. The summed E-state index contributed by atoms with van der Waals surface area (Å²) in [7, 11) is 0. The topological polar surface area (TPSA) is 91.8 Å². The highest BCUT2D eigenvalue weighted by molar-refractivity contribution is 7.80. The quantitative estimate of drug-likeness (QED) is 0.437. The number of rotatable bonds is 7. The molecule has 2 aromatic rings. The third-order valence-electron chi connectivity index (χ3n) is 5.05. The lowest BCUT2D eigenvalue weighted by Gasteiger charge is -2.24. The zero-order valence-corrected chi connectivity index (χ0v) is 20.6. The van der Waals surface area contributed by atoms with E-state index < -0.39 is 47.0 Å². The normalized spacial score (nSPS) is 20.1. The number of nitrogens with one attached hydrogen (secondary N) is 1. The number of benzene rings is 1. The van der Waals surface area contributed by atoms with Crippen molar-refractivity contribution in [1.82, 2.24) is 9.55 Å². The average Bonchev–Trinajstić information content (AvgIpc) is 3.17. The number of halogens is 3. The van der Waals surface area contributed by atoms with E-state index in [4.69, 9.17) is 37.6 Å². The molecule has 194 valence electrons. The number of alkyl halides is 3. The van der Waals surface area contributed by atoms with Crippen molar-refractivity contribution < 1.29 is 32.1 Å². The molecule has 1 fully saturated rings. The number of hydrogen-bond donors (Lipinski definition) is 1. The van der Waals surface area contributed by atoms with E-state index in [-0.39, 0.29) is 24.7 Å². The molecule has 3 rings (SSSR count). The summed E-state index contributed by atoms with van der Waals surface area (Å²) in [6, 6.07) is 7.03. The van der Waals surface area contributed by atoms with Crippen LogP contribution in [0.4, 0.5) is 13.2 Å². The summed E-state index contributed by atoms with van der Waals surface area (Å²) in [6.07, 6.45) is -2.00. The molecule has 0 unspecified atom stereocenters. The largest absolute Gasteiger partial charge is 0.487 e. The van der Waals surface area contributed by atoms with Gasteiger partial charge in [-0.25, -0.2) is 4.79 Å². The Balaban J connectivity index is 1.80. The first kappa shape index (κ1) is 27.4. The number of nitrogens with zero attached hydrogens (tertiary/aromatic N) is 1. The van der Waals surface area contributed by atoms with Crippen LogP contribution < -0.4 is 16.0 Å². The van der Waals surface area contributed by atoms with Gasteiger partial charge in [0.1, 0.15) is 42.5 Å². The van der Waals surface area contributed by atoms with Gasteiger partial charge in [-0.05, 0) is 45.1 Å². The Morgan fingerprint density at radius 1 is 1.28 bits per heavy atom. The van der Waals surface area contributed by atoms with Crippen LogP contribution >= 0.6 is 12.2 Å². The van der Waals surface area contributed by atoms with Crippen molar-refractivity contribution in [2.75, 3.05) is 13.2 Å². The second-order valence-corrected chi connectivity index (χ2v) is 9.31. The van der Waals surface area contributed by atoms with E-state index in [1.165, 1.54) is 0 Å². The summed E-state index contributed by atoms with van der Waals surface area (Å²) in [6.45, 7) is 5.42. The predicted molar refractivity (Wildman–Crippen MR) is 128 cm³/mol. The molecule has 2 heterocycles. The van der Waals surface area contributed by atoms with Crippen molar-refractivity contribution in [2.24, 2.45) is 0 Å². The van der Waals surface area contributed by atoms with Crippen LogP contribution in [0, 0.1) is 12.3 Å². The van der Waals surface area contributed by atoms with Gasteiger partial charge in [0.2, 0.25) is 0 Å². The summed E-state index contributed by atoms with van der Waals surface area (Å²) in [5.41, 5.74) is -4.07. The molecule has 12 heteroatoms. The fourth-order valence-electron chi connectivity index (χ4n) is 3.54. The van der Waals surface area contributed by atoms with Gasteiger partial charge in [0.05, 0.1) is 11.7 Å². The van der Waals surface area contributed by atoms with Crippen molar-refractivity contribution in [2.45, 2.75) is 57.4 Å². The Morgan fingerprint density at radius 2 is 1.97 bits per heavy atom. The van der Waals surface area contributed by atoms with E-state index in [0.717, 1.165) is 0 Å². The molecule has 1 saturated heterocycles. The molecule has 0 bridgehead atoms. The van der Waals surface area contributed by atoms with Crippen molar-refractivity contribution in [1.29, 1.82) is 0 Å². The molecule has 1 N–H and O–H groups in total. The lowest BCUT2D eigenvalue weighted by atomic mass is 10.1. The van der Waals surface area contributed by atoms with Crippen LogP contribution in [-0.2, 0) is 20.4 Å². The maximum Gasteiger partial charge on any atom is 0.423 e. The van der Waals surface area contributed by atoms with Crippen LogP contribution in [-0.4, -0.2) is 45.6 Å². The zero-order chi connectivity index (χ0) is 26.7. The van der Waals surface area contributed by atoms with E-state index in [2.05, 4.69) is 5.92 Å². The summed E-state index contributed by atoms with van der Waals surface area (Å²) in [5, 5.41) is 0.109. The van der Waals surface area contributed by atoms with Crippen LogP contribution in [0.3, 0.4) is 0 Å². The monoisotopic (exact) mass is 526 g/mol. The summed E-state index contributed by atoms with van der Waals surface area (Å²) < 4.78 is 63.4. The minimum Gasteiger partial charge on any atom is -0.487 e. The molecule has 1 aliphatic heterocycles. The molecule has 1 aromatic heterocycles. The first-order valence-electron chi connectivity index (χ1n) is 10.9. The van der Waals surface area contributed by atoms with E-state index in [9.17, 15) is 22.8 Å². The van der Waals surface area contributed by atoms with Gasteiger partial charge >= 0.3 is 11.9 Å². The second-order valence-electron chi connectivity index (χ2n) is 8.93. The third kappa shape index (κ3) is 6.75. The lowest BCUT2D eigenvalue weighted by molar-refractivity contribution is -0.139. The number of thiocarbonyl (C=S) groups is 1. The van der Waals surface area contributed by atoms with Crippen molar-refractivity contribution in [3.8, 4) is 18.1 Å². The zero-order valence-electron chi connectivity index (χ0n) is 19.8. The van der Waals surface area contributed by atoms with Crippen molar-refractivity contribution >= 4 is 17.3 Å². The lowest BCUT2D eigenvalue weighted by Crippen LogP contribution is -2.36. The number of para-hydroxylation sites is 1. The van der Waals surface area contributed by atoms with Crippen molar-refractivity contribution in [3.63, 3.8) is 0 Å². The molecule has 0 amide bonds. The SMILES string of the molecule is C#CCO[C@H]1C[C@H](n2cc(C(F)(F)F)c(=O)[nH]c2=O)O[C@@H]1COC(=S)c1ccccc1OC(C)(C)C. The minimum absolute atomic E-state index is 0.0184. The van der Waals surface area contributed by atoms with Gasteiger partial charge in [-0.2, -0.15) is 13.2 Å². The number of H-pyrrole nitrogens is 1. The fourth-order valence-corrected chi connectivity index (χ4v) is 3.78. The van der Waals surface area contributed by atoms with Gasteiger partial charge < -0.3 is 18.9 Å². The fraction of sp³-hybridized carbons (Fsp3) is 0.458. The van der Waals surface area contributed by atoms with Gasteiger partial charge in [-0.3, -0.25) is 14.3 Å². The highest BCUT2D eigenvalue weighted by atomic mass is 32.1. The Labute approximate surface area is 210 Å². The molecule has 0 aliphatic carbocycles. The minimum atomic E-state index is -4.96. The van der Waals surface area contributed by atoms with Gasteiger partial charge in [-0.1, -0.05) is 18.1 Å². The Morgan fingerprint density at radius 3 is 2.61 bits per heavy atom. The molecule has 3 atom stereocenters. The molecule has 1 aromatic carbocycles. The molecule has 8 nitrogen and oxygen atoms in total. The van der Waals surface area contributed by atoms with Crippen LogP contribution in [0.15, 0.2) is 40.1 Å². The maximum absolute atomic E-state index is 13.2. The first-order valence-corrected chi connectivity index (χ1v) is 11.3. The molecule has 0 saturated carbocycles. The molecule has 0 radical (unpaired) electrons. The maximum atomic E-state index is 13.2. The van der Waals surface area contributed by atoms with Gasteiger partial charge in [0.15, 0.2) is 5.05 Å². The number of terminal acetylenes is 1. The Hall–Kier alpha value is -3.14. The van der Waals surface area contributed by atoms with E-state index in [1.54, 1.807) is 29.2 Å². The summed E-state index contributed by atoms with van der Waals surface area (Å²) in [5.74, 6) is 2.83. The number of aromatic nitrogens is 2. The van der Waals surface area contributed by atoms with Gasteiger partial charge in [-0.15, -0.1) is 6.42 Å². The summed E-state index contributed by atoms with van der Waals surface area (Å²) >= 11 is 5.42. The molecular weight excluding hydrogens is 501 g/mol. The van der Waals surface area contributed by atoms with Gasteiger partial charge in [0, 0.05) is 12.6 Å². The Bertz CT molecular complexity index is 1260. The molecule has 1 aliphatic rings. The Kier molecular flexibility index (Phi) is 8.28. The summed E-state index contributed by atoms with van der Waals surface area (Å²) in [4.78, 5) is 25.6. The van der Waals surface area contributed by atoms with Crippen LogP contribution in [0.2, 0.25) is 0 Å². The number of hydrogen-bond acceptors (Lipinski definition) is 7. The highest BCUT2D eigenvalue weighted by Gasteiger charge is 2.40. The number of ether oxygens (including phenoxy) is 4. The molecular formula is C24H25F3N2O6S. The molecule has 0 spiro atoms. The standard InChI is InChI=1S/C24H25F3N2O6S/c1-5-10-32-17-11-19(29-12-15(24(25,26)27)20(30)28-22(29)31)34-18(17)13-33-21(36)14-8-6-7-9-16(14)35-23(2,3)4/h1,6-9,12,17-19H,10-11,13H2,2-4H3,(H,28,30,31)/t17-,18+,19+/m0/s1. The first-order chi connectivity index (χ1) is 16.8. The highest BCUT2D eigenvalue weighted by Crippen LogP contribution is 2.32. The van der Waals surface area contributed by atoms with E-state index in [1.807, 2.05) is 20.8 Å². The van der Waals surface area contributed by atoms with Crippen molar-refractivity contribution in [3.05, 3.63) is 62.4 Å². The molecule has 36 heavy (non-hydrogen) atoms. The van der Waals surface area contributed by atoms with E-state index >= 15 is 0 Å².